The standard InChI is InChI=1S/C22H23NO3/c1-26-16-4-2-3-14(10-16)21-20-13-6-5-12(9-13)19(20)17-11-15(22(24)25)7-8-18(17)23-21/h2-4,7-8,10-13,19-21,23H,5-6,9H2,1H3,(H,24,25)/t12-,13+,19+,20-,21-/m0/s1. The number of fused-ring (bicyclic) bond motifs is 7. The van der Waals surface area contributed by atoms with Gasteiger partial charge in [0.2, 0.25) is 0 Å². The third-order valence-electron chi connectivity index (χ3n) is 6.79. The molecule has 0 amide bonds. The van der Waals surface area contributed by atoms with Crippen LogP contribution in [0.4, 0.5) is 5.69 Å². The maximum absolute atomic E-state index is 11.5. The molecule has 134 valence electrons. The van der Waals surface area contributed by atoms with Crippen molar-refractivity contribution in [3.05, 3.63) is 59.2 Å². The maximum atomic E-state index is 11.5. The fraction of sp³-hybridized carbons (Fsp3) is 0.409. The Bertz CT molecular complexity index is 877. The molecule has 2 N–H and O–H groups in total. The summed E-state index contributed by atoms with van der Waals surface area (Å²) >= 11 is 0. The predicted molar refractivity (Wildman–Crippen MR) is 99.8 cm³/mol. The third-order valence-corrected chi connectivity index (χ3v) is 6.79. The topological polar surface area (TPSA) is 58.6 Å². The normalized spacial score (nSPS) is 31.0. The van der Waals surface area contributed by atoms with Gasteiger partial charge in [-0.15, -0.1) is 0 Å². The number of methoxy groups -OCH3 is 1. The lowest BCUT2D eigenvalue weighted by Crippen LogP contribution is -2.35. The average molecular weight is 349 g/mol. The first-order valence-electron chi connectivity index (χ1n) is 9.43. The van der Waals surface area contributed by atoms with Crippen molar-refractivity contribution in [2.24, 2.45) is 17.8 Å². The number of carboxylic acids is 1. The molecule has 2 fully saturated rings. The molecule has 2 bridgehead atoms. The van der Waals surface area contributed by atoms with Crippen molar-refractivity contribution in [1.82, 2.24) is 0 Å². The zero-order valence-corrected chi connectivity index (χ0v) is 14.8. The number of benzene rings is 2. The zero-order valence-electron chi connectivity index (χ0n) is 14.8. The summed E-state index contributed by atoms with van der Waals surface area (Å²) in [7, 11) is 1.70. The van der Waals surface area contributed by atoms with E-state index in [1.54, 1.807) is 13.2 Å². The Labute approximate surface area is 153 Å². The van der Waals surface area contributed by atoms with Crippen LogP contribution in [-0.2, 0) is 0 Å². The molecule has 2 aliphatic carbocycles. The van der Waals surface area contributed by atoms with Gasteiger partial charge in [-0.2, -0.15) is 0 Å². The van der Waals surface area contributed by atoms with Gasteiger partial charge in [0.05, 0.1) is 18.7 Å². The van der Waals surface area contributed by atoms with Gasteiger partial charge in [0, 0.05) is 5.69 Å². The third kappa shape index (κ3) is 2.24. The fourth-order valence-corrected chi connectivity index (χ4v) is 5.78. The van der Waals surface area contributed by atoms with Gasteiger partial charge in [-0.25, -0.2) is 4.79 Å². The number of rotatable bonds is 3. The SMILES string of the molecule is COc1cccc([C@@H]2Nc3ccc(C(=O)O)cc3[C@H]3[C@H]4CC[C@H](C4)[C@@H]32)c1. The number of hydrogen-bond donors (Lipinski definition) is 2. The van der Waals surface area contributed by atoms with Gasteiger partial charge < -0.3 is 15.2 Å². The second-order valence-electron chi connectivity index (χ2n) is 7.94. The number of carbonyl (C=O) groups is 1. The number of ether oxygens (including phenoxy) is 1. The van der Waals surface area contributed by atoms with Crippen LogP contribution in [0.25, 0.3) is 0 Å². The van der Waals surface area contributed by atoms with Crippen molar-refractivity contribution >= 4 is 11.7 Å². The predicted octanol–water partition coefficient (Wildman–Crippen LogP) is 4.69. The van der Waals surface area contributed by atoms with Crippen LogP contribution in [0.3, 0.4) is 0 Å². The van der Waals surface area contributed by atoms with Crippen LogP contribution in [0.5, 0.6) is 5.75 Å². The molecule has 0 spiro atoms. The Morgan fingerprint density at radius 2 is 2.00 bits per heavy atom. The molecule has 5 rings (SSSR count). The summed E-state index contributed by atoms with van der Waals surface area (Å²) in [6.07, 6.45) is 3.84. The van der Waals surface area contributed by atoms with E-state index in [-0.39, 0.29) is 6.04 Å². The quantitative estimate of drug-likeness (QED) is 0.844. The van der Waals surface area contributed by atoms with Crippen molar-refractivity contribution in [3.8, 4) is 5.75 Å². The molecule has 0 aromatic heterocycles. The van der Waals surface area contributed by atoms with Gasteiger partial charge in [-0.1, -0.05) is 12.1 Å². The maximum Gasteiger partial charge on any atom is 0.335 e. The fourth-order valence-electron chi connectivity index (χ4n) is 5.78. The van der Waals surface area contributed by atoms with E-state index in [1.165, 1.54) is 30.4 Å². The number of anilines is 1. The average Bonchev–Trinajstić information content (AvgIpc) is 3.29. The van der Waals surface area contributed by atoms with Crippen molar-refractivity contribution < 1.29 is 14.6 Å². The highest BCUT2D eigenvalue weighted by atomic mass is 16.5. The summed E-state index contributed by atoms with van der Waals surface area (Å²) in [5.74, 6) is 2.43. The minimum Gasteiger partial charge on any atom is -0.497 e. The Morgan fingerprint density at radius 1 is 1.15 bits per heavy atom. The molecule has 2 saturated carbocycles. The molecule has 4 nitrogen and oxygen atoms in total. The molecule has 5 atom stereocenters. The largest absolute Gasteiger partial charge is 0.497 e. The first-order valence-corrected chi connectivity index (χ1v) is 9.43. The number of aromatic carboxylic acids is 1. The summed E-state index contributed by atoms with van der Waals surface area (Å²) in [6.45, 7) is 0. The summed E-state index contributed by atoms with van der Waals surface area (Å²) < 4.78 is 5.44. The number of carboxylic acid groups (broad SMARTS) is 1. The number of nitrogens with one attached hydrogen (secondary N) is 1. The summed E-state index contributed by atoms with van der Waals surface area (Å²) in [6, 6.07) is 14.2. The van der Waals surface area contributed by atoms with E-state index >= 15 is 0 Å². The Balaban J connectivity index is 1.62. The van der Waals surface area contributed by atoms with Gasteiger partial charge in [0.1, 0.15) is 5.75 Å². The van der Waals surface area contributed by atoms with E-state index in [0.29, 0.717) is 23.3 Å². The van der Waals surface area contributed by atoms with E-state index in [0.717, 1.165) is 17.4 Å². The molecular formula is C22H23NO3. The van der Waals surface area contributed by atoms with E-state index in [9.17, 15) is 9.90 Å². The van der Waals surface area contributed by atoms with Crippen LogP contribution in [0.1, 0.15) is 52.7 Å². The minimum absolute atomic E-state index is 0.258. The van der Waals surface area contributed by atoms with E-state index in [1.807, 2.05) is 18.2 Å². The first-order chi connectivity index (χ1) is 12.7. The van der Waals surface area contributed by atoms with Crippen molar-refractivity contribution in [3.63, 3.8) is 0 Å². The van der Waals surface area contributed by atoms with Crippen LogP contribution in [0.15, 0.2) is 42.5 Å². The van der Waals surface area contributed by atoms with Gasteiger partial charge in [0.25, 0.3) is 0 Å². The molecule has 3 aliphatic rings. The lowest BCUT2D eigenvalue weighted by molar-refractivity contribution is 0.0696. The van der Waals surface area contributed by atoms with Crippen molar-refractivity contribution in [1.29, 1.82) is 0 Å². The second kappa shape index (κ2) is 5.76. The Hall–Kier alpha value is -2.49. The monoisotopic (exact) mass is 349 g/mol. The highest BCUT2D eigenvalue weighted by Crippen LogP contribution is 2.63. The number of hydrogen-bond acceptors (Lipinski definition) is 3. The molecular weight excluding hydrogens is 326 g/mol. The molecule has 0 saturated heterocycles. The minimum atomic E-state index is -0.845. The van der Waals surface area contributed by atoms with Crippen LogP contribution in [0.2, 0.25) is 0 Å². The lowest BCUT2D eigenvalue weighted by Gasteiger charge is -2.43. The first kappa shape index (κ1) is 15.7. The van der Waals surface area contributed by atoms with Crippen LogP contribution >= 0.6 is 0 Å². The smallest absolute Gasteiger partial charge is 0.335 e. The molecule has 1 aliphatic heterocycles. The second-order valence-corrected chi connectivity index (χ2v) is 7.94. The molecule has 1 heterocycles. The van der Waals surface area contributed by atoms with Gasteiger partial charge >= 0.3 is 5.97 Å². The lowest BCUT2D eigenvalue weighted by atomic mass is 9.68. The Kier molecular flexibility index (Phi) is 3.49. The zero-order chi connectivity index (χ0) is 17.8. The molecule has 26 heavy (non-hydrogen) atoms. The highest BCUT2D eigenvalue weighted by molar-refractivity contribution is 5.88. The summed E-state index contributed by atoms with van der Waals surface area (Å²) in [5.41, 5.74) is 3.96. The van der Waals surface area contributed by atoms with Gasteiger partial charge in [-0.3, -0.25) is 0 Å². The Morgan fingerprint density at radius 3 is 2.81 bits per heavy atom. The summed E-state index contributed by atoms with van der Waals surface area (Å²) in [4.78, 5) is 11.5. The molecule has 0 radical (unpaired) electrons. The van der Waals surface area contributed by atoms with E-state index in [2.05, 4.69) is 23.5 Å². The van der Waals surface area contributed by atoms with Crippen molar-refractivity contribution in [2.75, 3.05) is 12.4 Å². The van der Waals surface area contributed by atoms with Crippen LogP contribution < -0.4 is 10.1 Å². The summed E-state index contributed by atoms with van der Waals surface area (Å²) in [5, 5.41) is 13.2. The van der Waals surface area contributed by atoms with E-state index < -0.39 is 5.97 Å². The van der Waals surface area contributed by atoms with Crippen LogP contribution in [-0.4, -0.2) is 18.2 Å². The molecule has 2 aromatic rings. The highest BCUT2D eigenvalue weighted by Gasteiger charge is 2.53. The van der Waals surface area contributed by atoms with E-state index in [4.69, 9.17) is 4.74 Å². The molecule has 2 aromatic carbocycles. The molecule has 0 unspecified atom stereocenters. The van der Waals surface area contributed by atoms with Crippen LogP contribution in [0, 0.1) is 17.8 Å². The van der Waals surface area contributed by atoms with Gasteiger partial charge in [0.15, 0.2) is 0 Å². The van der Waals surface area contributed by atoms with Gasteiger partial charge in [-0.05, 0) is 84.4 Å². The molecule has 4 heteroatoms. The van der Waals surface area contributed by atoms with Crippen molar-refractivity contribution in [2.45, 2.75) is 31.2 Å².